The van der Waals surface area contributed by atoms with E-state index < -0.39 is 0 Å². The highest BCUT2D eigenvalue weighted by atomic mass is 32.2. The normalized spacial score (nSPS) is 16.9. The molecule has 23 heavy (non-hydrogen) atoms. The molecule has 1 N–H and O–H groups in total. The Kier molecular flexibility index (Phi) is 4.88. The SMILES string of the molecule is COCCN1C(=O)c2ccccc2N[C@@H]1c1ccc(SC)cc1. The Labute approximate surface area is 140 Å². The molecule has 5 heteroatoms. The summed E-state index contributed by atoms with van der Waals surface area (Å²) >= 11 is 1.71. The van der Waals surface area contributed by atoms with Gasteiger partial charge in [-0.1, -0.05) is 24.3 Å². The van der Waals surface area contributed by atoms with E-state index in [1.807, 2.05) is 29.2 Å². The first-order valence-corrected chi connectivity index (χ1v) is 8.76. The van der Waals surface area contributed by atoms with E-state index in [4.69, 9.17) is 4.74 Å². The maximum atomic E-state index is 12.9. The predicted molar refractivity (Wildman–Crippen MR) is 93.9 cm³/mol. The molecule has 0 spiro atoms. The lowest BCUT2D eigenvalue weighted by atomic mass is 10.0. The van der Waals surface area contributed by atoms with Gasteiger partial charge < -0.3 is 15.0 Å². The molecule has 0 aliphatic carbocycles. The molecule has 0 bridgehead atoms. The molecule has 0 saturated heterocycles. The third kappa shape index (κ3) is 3.21. The lowest BCUT2D eigenvalue weighted by Crippen LogP contribution is -2.44. The molecule has 120 valence electrons. The van der Waals surface area contributed by atoms with Crippen LogP contribution >= 0.6 is 11.8 Å². The number of para-hydroxylation sites is 1. The average Bonchev–Trinajstić information content (AvgIpc) is 2.61. The van der Waals surface area contributed by atoms with E-state index in [1.165, 1.54) is 4.90 Å². The van der Waals surface area contributed by atoms with Crippen molar-refractivity contribution in [3.8, 4) is 0 Å². The van der Waals surface area contributed by atoms with Crippen molar-refractivity contribution in [1.82, 2.24) is 4.90 Å². The van der Waals surface area contributed by atoms with Gasteiger partial charge in [-0.2, -0.15) is 0 Å². The van der Waals surface area contributed by atoms with E-state index in [9.17, 15) is 4.79 Å². The number of amides is 1. The largest absolute Gasteiger partial charge is 0.383 e. The number of carbonyl (C=O) groups is 1. The Bertz CT molecular complexity index is 688. The van der Waals surface area contributed by atoms with Crippen molar-refractivity contribution in [3.05, 3.63) is 59.7 Å². The van der Waals surface area contributed by atoms with Crippen LogP contribution < -0.4 is 5.32 Å². The van der Waals surface area contributed by atoms with Gasteiger partial charge in [0.2, 0.25) is 0 Å². The fraction of sp³-hybridized carbons (Fsp3) is 0.278. The molecule has 1 amide bonds. The fourth-order valence-corrected chi connectivity index (χ4v) is 3.17. The van der Waals surface area contributed by atoms with Crippen molar-refractivity contribution in [3.63, 3.8) is 0 Å². The van der Waals surface area contributed by atoms with Gasteiger partial charge in [0.1, 0.15) is 6.17 Å². The van der Waals surface area contributed by atoms with E-state index in [2.05, 4.69) is 35.8 Å². The van der Waals surface area contributed by atoms with Crippen LogP contribution in [-0.4, -0.2) is 37.3 Å². The number of nitrogens with zero attached hydrogens (tertiary/aromatic N) is 1. The second-order valence-corrected chi connectivity index (χ2v) is 6.24. The van der Waals surface area contributed by atoms with Crippen LogP contribution in [0, 0.1) is 0 Å². The molecule has 0 aromatic heterocycles. The van der Waals surface area contributed by atoms with Gasteiger partial charge in [0.05, 0.1) is 12.2 Å². The van der Waals surface area contributed by atoms with Gasteiger partial charge in [-0.05, 0) is 36.1 Å². The van der Waals surface area contributed by atoms with Gasteiger partial charge in [0.25, 0.3) is 5.91 Å². The van der Waals surface area contributed by atoms with Crippen LogP contribution in [-0.2, 0) is 4.74 Å². The maximum Gasteiger partial charge on any atom is 0.257 e. The van der Waals surface area contributed by atoms with Crippen LogP contribution in [0.1, 0.15) is 22.1 Å². The molecule has 0 fully saturated rings. The summed E-state index contributed by atoms with van der Waals surface area (Å²) in [6.45, 7) is 1.06. The number of carbonyl (C=O) groups excluding carboxylic acids is 1. The monoisotopic (exact) mass is 328 g/mol. The first-order chi connectivity index (χ1) is 11.2. The summed E-state index contributed by atoms with van der Waals surface area (Å²) in [7, 11) is 1.65. The van der Waals surface area contributed by atoms with Crippen molar-refractivity contribution in [2.24, 2.45) is 0 Å². The van der Waals surface area contributed by atoms with Gasteiger partial charge >= 0.3 is 0 Å². The Hall–Kier alpha value is -1.98. The highest BCUT2D eigenvalue weighted by Gasteiger charge is 2.32. The minimum Gasteiger partial charge on any atom is -0.383 e. The number of nitrogens with one attached hydrogen (secondary N) is 1. The van der Waals surface area contributed by atoms with E-state index in [-0.39, 0.29) is 12.1 Å². The molecule has 1 aliphatic rings. The number of fused-ring (bicyclic) bond motifs is 1. The first kappa shape index (κ1) is 15.9. The number of hydrogen-bond acceptors (Lipinski definition) is 4. The summed E-state index contributed by atoms with van der Waals surface area (Å²) in [5, 5.41) is 3.48. The van der Waals surface area contributed by atoms with Crippen LogP contribution in [0.25, 0.3) is 0 Å². The molecule has 0 saturated carbocycles. The van der Waals surface area contributed by atoms with Crippen LogP contribution in [0.3, 0.4) is 0 Å². The smallest absolute Gasteiger partial charge is 0.257 e. The Morgan fingerprint density at radius 2 is 1.91 bits per heavy atom. The van der Waals surface area contributed by atoms with E-state index >= 15 is 0 Å². The van der Waals surface area contributed by atoms with Crippen molar-refractivity contribution >= 4 is 23.4 Å². The van der Waals surface area contributed by atoms with Crippen molar-refractivity contribution in [2.75, 3.05) is 31.8 Å². The number of rotatable bonds is 5. The average molecular weight is 328 g/mol. The minimum atomic E-state index is -0.177. The molecule has 2 aromatic carbocycles. The lowest BCUT2D eigenvalue weighted by molar-refractivity contribution is 0.0609. The fourth-order valence-electron chi connectivity index (χ4n) is 2.76. The second-order valence-electron chi connectivity index (χ2n) is 5.36. The van der Waals surface area contributed by atoms with Crippen LogP contribution in [0.15, 0.2) is 53.4 Å². The van der Waals surface area contributed by atoms with E-state index in [0.29, 0.717) is 18.7 Å². The van der Waals surface area contributed by atoms with Crippen LogP contribution in [0.5, 0.6) is 0 Å². The molecule has 0 radical (unpaired) electrons. The zero-order valence-electron chi connectivity index (χ0n) is 13.3. The molecule has 0 unspecified atom stereocenters. The summed E-state index contributed by atoms with van der Waals surface area (Å²) < 4.78 is 5.18. The number of thioether (sulfide) groups is 1. The highest BCUT2D eigenvalue weighted by Crippen LogP contribution is 2.33. The van der Waals surface area contributed by atoms with Gasteiger partial charge in [-0.15, -0.1) is 11.8 Å². The molecule has 1 heterocycles. The Balaban J connectivity index is 1.96. The summed E-state index contributed by atoms with van der Waals surface area (Å²) in [6, 6.07) is 16.0. The molecule has 4 nitrogen and oxygen atoms in total. The molecule has 1 aliphatic heterocycles. The molecule has 1 atom stereocenters. The Morgan fingerprint density at radius 3 is 2.61 bits per heavy atom. The predicted octanol–water partition coefficient (Wildman–Crippen LogP) is 3.62. The standard InChI is InChI=1S/C18H20N2O2S/c1-22-12-11-20-17(13-7-9-14(23-2)10-8-13)19-16-6-4-3-5-15(16)18(20)21/h3-10,17,19H,11-12H2,1-2H3/t17-/m0/s1. The topological polar surface area (TPSA) is 41.6 Å². The number of ether oxygens (including phenoxy) is 1. The second kappa shape index (κ2) is 7.06. The summed E-state index contributed by atoms with van der Waals surface area (Å²) in [5.41, 5.74) is 2.66. The van der Waals surface area contributed by atoms with Gasteiger partial charge in [0, 0.05) is 24.2 Å². The first-order valence-electron chi connectivity index (χ1n) is 7.54. The zero-order chi connectivity index (χ0) is 16.2. The zero-order valence-corrected chi connectivity index (χ0v) is 14.1. The van der Waals surface area contributed by atoms with Crippen LogP contribution in [0.2, 0.25) is 0 Å². The van der Waals surface area contributed by atoms with Crippen molar-refractivity contribution in [1.29, 1.82) is 0 Å². The molecular weight excluding hydrogens is 308 g/mol. The lowest BCUT2D eigenvalue weighted by Gasteiger charge is -2.38. The molecule has 2 aromatic rings. The third-order valence-electron chi connectivity index (χ3n) is 3.99. The number of anilines is 1. The van der Waals surface area contributed by atoms with E-state index in [0.717, 1.165) is 11.3 Å². The molecular formula is C18H20N2O2S. The van der Waals surface area contributed by atoms with Gasteiger partial charge in [0.15, 0.2) is 0 Å². The van der Waals surface area contributed by atoms with Crippen molar-refractivity contribution in [2.45, 2.75) is 11.1 Å². The Morgan fingerprint density at radius 1 is 1.17 bits per heavy atom. The molecule has 3 rings (SSSR count). The summed E-state index contributed by atoms with van der Waals surface area (Å²) in [5.74, 6) is 0.0374. The number of hydrogen-bond donors (Lipinski definition) is 1. The van der Waals surface area contributed by atoms with Gasteiger partial charge in [-0.25, -0.2) is 0 Å². The van der Waals surface area contributed by atoms with E-state index in [1.54, 1.807) is 18.9 Å². The maximum absolute atomic E-state index is 12.9. The third-order valence-corrected chi connectivity index (χ3v) is 4.73. The minimum absolute atomic E-state index is 0.0374. The summed E-state index contributed by atoms with van der Waals surface area (Å²) in [6.07, 6.45) is 1.88. The van der Waals surface area contributed by atoms with Crippen LogP contribution in [0.4, 0.5) is 5.69 Å². The quantitative estimate of drug-likeness (QED) is 0.851. The highest BCUT2D eigenvalue weighted by molar-refractivity contribution is 7.98. The van der Waals surface area contributed by atoms with Gasteiger partial charge in [-0.3, -0.25) is 4.79 Å². The van der Waals surface area contributed by atoms with Crippen molar-refractivity contribution < 1.29 is 9.53 Å². The number of methoxy groups -OCH3 is 1. The summed E-state index contributed by atoms with van der Waals surface area (Å²) in [4.78, 5) is 15.9. The number of benzene rings is 2.